The quantitative estimate of drug-likeness (QED) is 0.905. The van der Waals surface area contributed by atoms with Crippen LogP contribution < -0.4 is 11.1 Å². The second kappa shape index (κ2) is 5.99. The molecule has 0 aliphatic rings. The third-order valence-electron chi connectivity index (χ3n) is 2.97. The number of hydrogen-bond acceptors (Lipinski definition) is 3. The van der Waals surface area contributed by atoms with Crippen molar-refractivity contribution in [2.24, 2.45) is 0 Å². The average Bonchev–Trinajstić information content (AvgIpc) is 2.37. The Balaban J connectivity index is 2.25. The lowest BCUT2D eigenvalue weighted by molar-refractivity contribution is 0.586. The monoisotopic (exact) mass is 279 g/mol. The van der Waals surface area contributed by atoms with Gasteiger partial charge in [-0.3, -0.25) is 0 Å². The van der Waals surface area contributed by atoms with Gasteiger partial charge in [-0.1, -0.05) is 17.7 Å². The second-order valence-electron chi connectivity index (χ2n) is 4.30. The summed E-state index contributed by atoms with van der Waals surface area (Å²) < 4.78 is 13.1. The highest BCUT2D eigenvalue weighted by Crippen LogP contribution is 2.26. The molecule has 1 aromatic carbocycles. The van der Waals surface area contributed by atoms with Crippen molar-refractivity contribution >= 4 is 17.4 Å². The number of nitrogen functional groups attached to an aromatic ring is 1. The molecule has 2 aromatic rings. The molecule has 0 radical (unpaired) electrons. The van der Waals surface area contributed by atoms with Crippen molar-refractivity contribution in [3.05, 3.63) is 58.5 Å². The predicted octanol–water partition coefficient (Wildman–Crippen LogP) is 2.96. The fourth-order valence-corrected chi connectivity index (χ4v) is 2.31. The molecule has 5 heteroatoms. The van der Waals surface area contributed by atoms with Crippen molar-refractivity contribution in [3.63, 3.8) is 0 Å². The summed E-state index contributed by atoms with van der Waals surface area (Å²) in [6, 6.07) is 8.15. The zero-order chi connectivity index (χ0) is 13.8. The molecule has 3 N–H and O–H groups in total. The number of nitrogens with zero attached hydrogens (tertiary/aromatic N) is 1. The van der Waals surface area contributed by atoms with Crippen LogP contribution in [-0.2, 0) is 6.42 Å². The van der Waals surface area contributed by atoms with Crippen molar-refractivity contribution < 1.29 is 4.39 Å². The van der Waals surface area contributed by atoms with Gasteiger partial charge in [0.1, 0.15) is 11.6 Å². The number of likely N-dealkylation sites (N-methyl/N-ethyl adjacent to an activating group) is 1. The lowest BCUT2D eigenvalue weighted by Gasteiger charge is -2.18. The minimum atomic E-state index is -0.336. The van der Waals surface area contributed by atoms with Gasteiger partial charge < -0.3 is 11.1 Å². The number of benzene rings is 1. The summed E-state index contributed by atoms with van der Waals surface area (Å²) in [5.74, 6) is 0.148. The van der Waals surface area contributed by atoms with Crippen LogP contribution in [0.4, 0.5) is 10.2 Å². The molecule has 19 heavy (non-hydrogen) atoms. The molecular formula is C14H15ClFN3. The molecule has 0 bridgehead atoms. The minimum Gasteiger partial charge on any atom is -0.384 e. The number of hydrogen-bond donors (Lipinski definition) is 2. The maximum Gasteiger partial charge on any atom is 0.124 e. The van der Waals surface area contributed by atoms with Gasteiger partial charge in [0.2, 0.25) is 0 Å². The van der Waals surface area contributed by atoms with E-state index in [1.165, 1.54) is 12.1 Å². The van der Waals surface area contributed by atoms with E-state index in [2.05, 4.69) is 10.3 Å². The first-order chi connectivity index (χ1) is 9.10. The highest BCUT2D eigenvalue weighted by molar-refractivity contribution is 6.31. The van der Waals surface area contributed by atoms with Gasteiger partial charge in [0, 0.05) is 17.3 Å². The van der Waals surface area contributed by atoms with E-state index >= 15 is 0 Å². The molecule has 0 amide bonds. The fourth-order valence-electron chi connectivity index (χ4n) is 2.01. The van der Waals surface area contributed by atoms with Gasteiger partial charge in [-0.05, 0) is 48.9 Å². The van der Waals surface area contributed by atoms with E-state index in [-0.39, 0.29) is 11.9 Å². The van der Waals surface area contributed by atoms with Crippen LogP contribution in [0.3, 0.4) is 0 Å². The highest BCUT2D eigenvalue weighted by Gasteiger charge is 2.14. The number of rotatable bonds is 4. The van der Waals surface area contributed by atoms with Gasteiger partial charge in [0.05, 0.1) is 0 Å². The van der Waals surface area contributed by atoms with E-state index in [0.717, 1.165) is 11.1 Å². The van der Waals surface area contributed by atoms with Gasteiger partial charge >= 0.3 is 0 Å². The second-order valence-corrected chi connectivity index (χ2v) is 4.71. The number of nitrogens with two attached hydrogens (primary N) is 1. The van der Waals surface area contributed by atoms with E-state index in [1.54, 1.807) is 12.3 Å². The van der Waals surface area contributed by atoms with Crippen LogP contribution in [0.2, 0.25) is 5.02 Å². The molecule has 0 saturated carbocycles. The summed E-state index contributed by atoms with van der Waals surface area (Å²) in [5, 5.41) is 3.60. The summed E-state index contributed by atoms with van der Waals surface area (Å²) in [6.45, 7) is 0. The summed E-state index contributed by atoms with van der Waals surface area (Å²) in [7, 11) is 1.84. The first kappa shape index (κ1) is 13.8. The standard InChI is InChI=1S/C14H15ClFN3/c1-18-13(6-9-4-5-19-14(17)7-9)11-3-2-10(16)8-12(11)15/h2-5,7-8,13,18H,6H2,1H3,(H2,17,19). The minimum absolute atomic E-state index is 0.00472. The van der Waals surface area contributed by atoms with E-state index in [1.807, 2.05) is 19.2 Å². The third kappa shape index (κ3) is 3.43. The maximum absolute atomic E-state index is 13.1. The molecule has 3 nitrogen and oxygen atoms in total. The van der Waals surface area contributed by atoms with Gasteiger partial charge in [-0.2, -0.15) is 0 Å². The molecule has 1 atom stereocenters. The van der Waals surface area contributed by atoms with Crippen LogP contribution in [-0.4, -0.2) is 12.0 Å². The zero-order valence-corrected chi connectivity index (χ0v) is 11.3. The summed E-state index contributed by atoms with van der Waals surface area (Å²) in [6.07, 6.45) is 2.37. The van der Waals surface area contributed by atoms with Crippen LogP contribution in [0, 0.1) is 5.82 Å². The Hall–Kier alpha value is -1.65. The Morgan fingerprint density at radius 3 is 2.79 bits per heavy atom. The van der Waals surface area contributed by atoms with E-state index in [9.17, 15) is 4.39 Å². The largest absolute Gasteiger partial charge is 0.384 e. The highest BCUT2D eigenvalue weighted by atomic mass is 35.5. The zero-order valence-electron chi connectivity index (χ0n) is 10.5. The molecule has 1 aromatic heterocycles. The van der Waals surface area contributed by atoms with Crippen LogP contribution in [0.25, 0.3) is 0 Å². The Bertz CT molecular complexity index is 574. The maximum atomic E-state index is 13.1. The van der Waals surface area contributed by atoms with E-state index in [4.69, 9.17) is 17.3 Å². The van der Waals surface area contributed by atoms with Crippen molar-refractivity contribution in [1.82, 2.24) is 10.3 Å². The lowest BCUT2D eigenvalue weighted by atomic mass is 9.99. The van der Waals surface area contributed by atoms with Gasteiger partial charge in [0.15, 0.2) is 0 Å². The SMILES string of the molecule is CNC(Cc1ccnc(N)c1)c1ccc(F)cc1Cl. The van der Waals surface area contributed by atoms with Crippen molar-refractivity contribution in [2.75, 3.05) is 12.8 Å². The topological polar surface area (TPSA) is 50.9 Å². The molecular weight excluding hydrogens is 265 g/mol. The number of anilines is 1. The molecule has 0 spiro atoms. The molecule has 0 saturated heterocycles. The number of nitrogens with one attached hydrogen (secondary N) is 1. The fraction of sp³-hybridized carbons (Fsp3) is 0.214. The van der Waals surface area contributed by atoms with Crippen molar-refractivity contribution in [2.45, 2.75) is 12.5 Å². The molecule has 0 aliphatic carbocycles. The first-order valence-electron chi connectivity index (χ1n) is 5.92. The van der Waals surface area contributed by atoms with Crippen molar-refractivity contribution in [1.29, 1.82) is 0 Å². The summed E-state index contributed by atoms with van der Waals surface area (Å²) >= 11 is 6.08. The molecule has 1 unspecified atom stereocenters. The number of pyridine rings is 1. The van der Waals surface area contributed by atoms with Gasteiger partial charge in [0.25, 0.3) is 0 Å². The van der Waals surface area contributed by atoms with Crippen LogP contribution in [0.15, 0.2) is 36.5 Å². The smallest absolute Gasteiger partial charge is 0.124 e. The lowest BCUT2D eigenvalue weighted by Crippen LogP contribution is -2.19. The molecule has 100 valence electrons. The molecule has 0 fully saturated rings. The Morgan fingerprint density at radius 1 is 1.37 bits per heavy atom. The molecule has 2 rings (SSSR count). The van der Waals surface area contributed by atoms with E-state index in [0.29, 0.717) is 17.3 Å². The number of aromatic nitrogens is 1. The van der Waals surface area contributed by atoms with Gasteiger partial charge in [-0.15, -0.1) is 0 Å². The Morgan fingerprint density at radius 2 is 2.16 bits per heavy atom. The van der Waals surface area contributed by atoms with Crippen LogP contribution in [0.5, 0.6) is 0 Å². The average molecular weight is 280 g/mol. The summed E-state index contributed by atoms with van der Waals surface area (Å²) in [4.78, 5) is 3.96. The predicted molar refractivity (Wildman–Crippen MR) is 75.6 cm³/mol. The molecule has 1 heterocycles. The van der Waals surface area contributed by atoms with E-state index < -0.39 is 0 Å². The first-order valence-corrected chi connectivity index (χ1v) is 6.30. The van der Waals surface area contributed by atoms with Crippen LogP contribution >= 0.6 is 11.6 Å². The third-order valence-corrected chi connectivity index (χ3v) is 3.30. The molecule has 0 aliphatic heterocycles. The normalized spacial score (nSPS) is 12.4. The Labute approximate surface area is 116 Å². The van der Waals surface area contributed by atoms with Crippen LogP contribution in [0.1, 0.15) is 17.2 Å². The van der Waals surface area contributed by atoms with Crippen molar-refractivity contribution in [3.8, 4) is 0 Å². The van der Waals surface area contributed by atoms with Gasteiger partial charge in [-0.25, -0.2) is 9.37 Å². The summed E-state index contributed by atoms with van der Waals surface area (Å²) in [5.41, 5.74) is 7.57. The Kier molecular flexibility index (Phi) is 4.35. The number of halogens is 2.